The number of methoxy groups -OCH3 is 1. The number of carbonyl (C=O) groups excluding carboxylic acids is 1. The van der Waals surface area contributed by atoms with Crippen molar-refractivity contribution in [2.45, 2.75) is 24.2 Å². The molecule has 0 bridgehead atoms. The number of amides is 1. The van der Waals surface area contributed by atoms with Crippen molar-refractivity contribution in [2.24, 2.45) is 5.92 Å². The Bertz CT molecular complexity index is 882. The number of benzene rings is 2. The Morgan fingerprint density at radius 2 is 1.86 bits per heavy atom. The van der Waals surface area contributed by atoms with Crippen LogP contribution in [0, 0.1) is 5.92 Å². The molecule has 150 valence electrons. The molecule has 1 saturated heterocycles. The van der Waals surface area contributed by atoms with E-state index in [2.05, 4.69) is 5.32 Å². The van der Waals surface area contributed by atoms with Crippen LogP contribution in [-0.4, -0.2) is 45.4 Å². The molecule has 7 heteroatoms. The summed E-state index contributed by atoms with van der Waals surface area (Å²) < 4.78 is 32.1. The lowest BCUT2D eigenvalue weighted by Crippen LogP contribution is -2.45. The number of ether oxygens (including phenoxy) is 1. The first-order chi connectivity index (χ1) is 13.5. The van der Waals surface area contributed by atoms with Gasteiger partial charge in [0.05, 0.1) is 17.9 Å². The molecule has 1 aliphatic rings. The Hall–Kier alpha value is -2.38. The second-order valence-corrected chi connectivity index (χ2v) is 8.84. The monoisotopic (exact) mass is 402 g/mol. The maximum absolute atomic E-state index is 12.8. The molecular weight excluding hydrogens is 376 g/mol. The quantitative estimate of drug-likeness (QED) is 0.772. The van der Waals surface area contributed by atoms with Crippen LogP contribution in [0.15, 0.2) is 59.5 Å². The number of rotatable bonds is 7. The second kappa shape index (κ2) is 9.21. The van der Waals surface area contributed by atoms with E-state index in [1.165, 1.54) is 4.31 Å². The van der Waals surface area contributed by atoms with E-state index in [-0.39, 0.29) is 23.3 Å². The number of carbonyl (C=O) groups is 1. The van der Waals surface area contributed by atoms with E-state index < -0.39 is 10.0 Å². The number of nitrogens with zero attached hydrogens (tertiary/aromatic N) is 1. The highest BCUT2D eigenvalue weighted by Crippen LogP contribution is 2.23. The van der Waals surface area contributed by atoms with Gasteiger partial charge in [0.1, 0.15) is 5.75 Å². The number of piperidine rings is 1. The molecule has 1 N–H and O–H groups in total. The number of nitrogens with one attached hydrogen (secondary N) is 1. The predicted octanol–water partition coefficient (Wildman–Crippen LogP) is 2.45. The number of sulfonamides is 1. The lowest BCUT2D eigenvalue weighted by molar-refractivity contribution is -0.126. The van der Waals surface area contributed by atoms with Crippen LogP contribution in [0.3, 0.4) is 0 Å². The first-order valence-corrected chi connectivity index (χ1v) is 10.9. The van der Waals surface area contributed by atoms with Crippen molar-refractivity contribution in [3.63, 3.8) is 0 Å². The minimum absolute atomic E-state index is 0.0820. The number of hydrogen-bond donors (Lipinski definition) is 1. The van der Waals surface area contributed by atoms with E-state index in [0.717, 1.165) is 11.3 Å². The smallest absolute Gasteiger partial charge is 0.243 e. The van der Waals surface area contributed by atoms with Gasteiger partial charge in [0.2, 0.25) is 15.9 Å². The van der Waals surface area contributed by atoms with Gasteiger partial charge in [0, 0.05) is 19.6 Å². The summed E-state index contributed by atoms with van der Waals surface area (Å²) in [6.45, 7) is 1.20. The van der Waals surface area contributed by atoms with Crippen LogP contribution in [0.1, 0.15) is 18.4 Å². The molecule has 0 aromatic heterocycles. The molecule has 28 heavy (non-hydrogen) atoms. The molecule has 0 saturated carbocycles. The molecule has 0 unspecified atom stereocenters. The van der Waals surface area contributed by atoms with Crippen molar-refractivity contribution < 1.29 is 17.9 Å². The molecule has 2 aromatic rings. The van der Waals surface area contributed by atoms with Crippen LogP contribution >= 0.6 is 0 Å². The largest absolute Gasteiger partial charge is 0.497 e. The summed E-state index contributed by atoms with van der Waals surface area (Å²) in [7, 11) is -1.93. The molecule has 3 rings (SSSR count). The van der Waals surface area contributed by atoms with Gasteiger partial charge in [0.25, 0.3) is 0 Å². The zero-order chi connectivity index (χ0) is 20.0. The molecule has 0 spiro atoms. The predicted molar refractivity (Wildman–Crippen MR) is 108 cm³/mol. The van der Waals surface area contributed by atoms with Crippen molar-refractivity contribution >= 4 is 15.9 Å². The molecule has 6 nitrogen and oxygen atoms in total. The Kier molecular flexibility index (Phi) is 6.70. The van der Waals surface area contributed by atoms with Gasteiger partial charge in [-0.2, -0.15) is 4.31 Å². The summed E-state index contributed by atoms with van der Waals surface area (Å²) in [5.41, 5.74) is 1.11. The normalized spacial score (nSPS) is 17.8. The van der Waals surface area contributed by atoms with Gasteiger partial charge in [-0.05, 0) is 49.1 Å². The van der Waals surface area contributed by atoms with Gasteiger partial charge in [-0.1, -0.05) is 30.3 Å². The fraction of sp³-hybridized carbons (Fsp3) is 0.381. The first-order valence-electron chi connectivity index (χ1n) is 9.46. The van der Waals surface area contributed by atoms with E-state index in [9.17, 15) is 13.2 Å². The fourth-order valence-corrected chi connectivity index (χ4v) is 4.93. The van der Waals surface area contributed by atoms with Crippen LogP contribution in [-0.2, 0) is 21.2 Å². The molecular formula is C21H26N2O4S. The van der Waals surface area contributed by atoms with Gasteiger partial charge in [0.15, 0.2) is 0 Å². The van der Waals surface area contributed by atoms with Gasteiger partial charge in [-0.3, -0.25) is 4.79 Å². The standard InChI is InChI=1S/C21H26N2O4S/c1-27-19-11-9-17(10-12-19)13-14-22-21(24)18-6-5-15-23(16-18)28(25,26)20-7-3-2-4-8-20/h2-4,7-12,18H,5-6,13-16H2,1H3,(H,22,24)/t18-/m0/s1. The average Bonchev–Trinajstić information content (AvgIpc) is 2.75. The maximum atomic E-state index is 12.8. The lowest BCUT2D eigenvalue weighted by atomic mass is 9.99. The van der Waals surface area contributed by atoms with E-state index in [1.807, 2.05) is 24.3 Å². The Labute approximate surface area is 166 Å². The van der Waals surface area contributed by atoms with Gasteiger partial charge in [-0.25, -0.2) is 8.42 Å². The Morgan fingerprint density at radius 3 is 2.54 bits per heavy atom. The first kappa shape index (κ1) is 20.4. The van der Waals surface area contributed by atoms with Crippen molar-refractivity contribution in [1.82, 2.24) is 9.62 Å². The summed E-state index contributed by atoms with van der Waals surface area (Å²) >= 11 is 0. The average molecular weight is 403 g/mol. The van der Waals surface area contributed by atoms with E-state index in [0.29, 0.717) is 32.4 Å². The third kappa shape index (κ3) is 4.91. The van der Waals surface area contributed by atoms with Gasteiger partial charge >= 0.3 is 0 Å². The zero-order valence-electron chi connectivity index (χ0n) is 16.0. The highest BCUT2D eigenvalue weighted by atomic mass is 32.2. The summed E-state index contributed by atoms with van der Waals surface area (Å²) in [6.07, 6.45) is 2.10. The minimum atomic E-state index is -3.56. The SMILES string of the molecule is COc1ccc(CCNC(=O)[C@H]2CCCN(S(=O)(=O)c3ccccc3)C2)cc1. The molecule has 1 fully saturated rings. The van der Waals surface area contributed by atoms with Crippen LogP contribution in [0.25, 0.3) is 0 Å². The fourth-order valence-electron chi connectivity index (χ4n) is 3.38. The van der Waals surface area contributed by atoms with E-state index >= 15 is 0 Å². The molecule has 2 aromatic carbocycles. The number of hydrogen-bond acceptors (Lipinski definition) is 4. The van der Waals surface area contributed by atoms with Crippen molar-refractivity contribution in [3.8, 4) is 5.75 Å². The summed E-state index contributed by atoms with van der Waals surface area (Å²) in [6, 6.07) is 16.1. The third-order valence-electron chi connectivity index (χ3n) is 5.01. The lowest BCUT2D eigenvalue weighted by Gasteiger charge is -2.31. The highest BCUT2D eigenvalue weighted by molar-refractivity contribution is 7.89. The van der Waals surface area contributed by atoms with Crippen LogP contribution in [0.5, 0.6) is 5.75 Å². The molecule has 0 aliphatic carbocycles. The van der Waals surface area contributed by atoms with E-state index in [1.54, 1.807) is 37.4 Å². The van der Waals surface area contributed by atoms with Crippen LogP contribution in [0.2, 0.25) is 0 Å². The van der Waals surface area contributed by atoms with E-state index in [4.69, 9.17) is 4.74 Å². The van der Waals surface area contributed by atoms with Crippen LogP contribution < -0.4 is 10.1 Å². The topological polar surface area (TPSA) is 75.7 Å². The third-order valence-corrected chi connectivity index (χ3v) is 6.89. The maximum Gasteiger partial charge on any atom is 0.243 e. The molecule has 1 aliphatic heterocycles. The van der Waals surface area contributed by atoms with Gasteiger partial charge in [-0.15, -0.1) is 0 Å². The van der Waals surface area contributed by atoms with Crippen molar-refractivity contribution in [3.05, 3.63) is 60.2 Å². The summed E-state index contributed by atoms with van der Waals surface area (Å²) in [5, 5.41) is 2.95. The van der Waals surface area contributed by atoms with Crippen LogP contribution in [0.4, 0.5) is 0 Å². The zero-order valence-corrected chi connectivity index (χ0v) is 16.8. The summed E-state index contributed by atoms with van der Waals surface area (Å²) in [4.78, 5) is 12.8. The highest BCUT2D eigenvalue weighted by Gasteiger charge is 2.33. The molecule has 1 atom stereocenters. The molecule has 0 radical (unpaired) electrons. The Balaban J connectivity index is 1.54. The Morgan fingerprint density at radius 1 is 1.14 bits per heavy atom. The molecule has 1 heterocycles. The minimum Gasteiger partial charge on any atom is -0.497 e. The summed E-state index contributed by atoms with van der Waals surface area (Å²) in [5.74, 6) is 0.402. The van der Waals surface area contributed by atoms with Crippen molar-refractivity contribution in [2.75, 3.05) is 26.7 Å². The van der Waals surface area contributed by atoms with Gasteiger partial charge < -0.3 is 10.1 Å². The molecule has 1 amide bonds. The van der Waals surface area contributed by atoms with Crippen molar-refractivity contribution in [1.29, 1.82) is 0 Å². The second-order valence-electron chi connectivity index (χ2n) is 6.90.